The summed E-state index contributed by atoms with van der Waals surface area (Å²) in [6, 6.07) is 5.17. The molecule has 1 aromatic heterocycles. The lowest BCUT2D eigenvalue weighted by Gasteiger charge is -2.15. The van der Waals surface area contributed by atoms with E-state index in [0.29, 0.717) is 0 Å². The molecule has 0 aliphatic heterocycles. The van der Waals surface area contributed by atoms with E-state index in [-0.39, 0.29) is 11.8 Å². The summed E-state index contributed by atoms with van der Waals surface area (Å²) in [6.07, 6.45) is 0. The molecule has 0 radical (unpaired) electrons. The molecule has 2 aromatic rings. The predicted molar refractivity (Wildman–Crippen MR) is 71.1 cm³/mol. The Morgan fingerprint density at radius 3 is 2.94 bits per heavy atom. The van der Waals surface area contributed by atoms with Crippen molar-refractivity contribution < 1.29 is 4.79 Å². The van der Waals surface area contributed by atoms with E-state index in [4.69, 9.17) is 5.73 Å². The maximum absolute atomic E-state index is 11.8. The number of hydrogen-bond acceptors (Lipinski definition) is 4. The van der Waals surface area contributed by atoms with Gasteiger partial charge in [0.25, 0.3) is 0 Å². The van der Waals surface area contributed by atoms with Crippen LogP contribution in [0.15, 0.2) is 23.7 Å². The molecule has 4 nitrogen and oxygen atoms in total. The van der Waals surface area contributed by atoms with Crippen LogP contribution in [0.5, 0.6) is 0 Å². The average Bonchev–Trinajstić information content (AvgIpc) is 2.74. The Kier molecular flexibility index (Phi) is 3.40. The van der Waals surface area contributed by atoms with Gasteiger partial charge in [0.05, 0.1) is 21.8 Å². The highest BCUT2D eigenvalue weighted by Gasteiger charge is 2.17. The van der Waals surface area contributed by atoms with Crippen LogP contribution in [0.2, 0.25) is 0 Å². The number of aromatic nitrogens is 1. The van der Waals surface area contributed by atoms with Crippen molar-refractivity contribution in [3.05, 3.63) is 23.7 Å². The fourth-order valence-electron chi connectivity index (χ4n) is 1.46. The minimum absolute atomic E-state index is 0.127. The first-order valence-electron chi connectivity index (χ1n) is 5.47. The average molecular weight is 249 g/mol. The number of carbonyl (C=O) groups excluding carboxylic acids is 1. The fourth-order valence-corrected chi connectivity index (χ4v) is 2.18. The Bertz CT molecular complexity index is 535. The van der Waals surface area contributed by atoms with Gasteiger partial charge in [-0.2, -0.15) is 0 Å². The molecule has 1 unspecified atom stereocenters. The standard InChI is InChI=1S/C12H15N3OS/c1-7(2)11(13)12(16)15-8-3-4-9-10(5-8)17-6-14-9/h3-7,11H,13H2,1-2H3,(H,15,16). The van der Waals surface area contributed by atoms with Gasteiger partial charge in [-0.05, 0) is 24.1 Å². The SMILES string of the molecule is CC(C)C(N)C(=O)Nc1ccc2ncsc2c1. The molecule has 2 rings (SSSR count). The number of thiazole rings is 1. The van der Waals surface area contributed by atoms with Gasteiger partial charge in [0.15, 0.2) is 0 Å². The number of nitrogens with one attached hydrogen (secondary N) is 1. The molecule has 0 aliphatic carbocycles. The van der Waals surface area contributed by atoms with Gasteiger partial charge in [0.2, 0.25) is 5.91 Å². The van der Waals surface area contributed by atoms with Gasteiger partial charge in [0.1, 0.15) is 0 Å². The Balaban J connectivity index is 2.15. The Morgan fingerprint density at radius 1 is 1.47 bits per heavy atom. The summed E-state index contributed by atoms with van der Waals surface area (Å²) in [5.74, 6) is -0.0222. The van der Waals surface area contributed by atoms with Crippen molar-refractivity contribution in [1.29, 1.82) is 0 Å². The van der Waals surface area contributed by atoms with Gasteiger partial charge in [-0.1, -0.05) is 13.8 Å². The molecule has 3 N–H and O–H groups in total. The topological polar surface area (TPSA) is 68.0 Å². The van der Waals surface area contributed by atoms with Crippen molar-refractivity contribution >= 4 is 33.1 Å². The summed E-state index contributed by atoms with van der Waals surface area (Å²) in [5, 5.41) is 2.82. The molecule has 1 atom stereocenters. The summed E-state index contributed by atoms with van der Waals surface area (Å²) >= 11 is 1.55. The fraction of sp³-hybridized carbons (Fsp3) is 0.333. The second kappa shape index (κ2) is 4.81. The van der Waals surface area contributed by atoms with Crippen LogP contribution in [0.4, 0.5) is 5.69 Å². The van der Waals surface area contributed by atoms with Crippen molar-refractivity contribution in [2.45, 2.75) is 19.9 Å². The van der Waals surface area contributed by atoms with Crippen LogP contribution >= 0.6 is 11.3 Å². The molecular formula is C12H15N3OS. The number of benzene rings is 1. The lowest BCUT2D eigenvalue weighted by molar-refractivity contribution is -0.118. The molecule has 0 saturated carbocycles. The third-order valence-corrected chi connectivity index (χ3v) is 3.41. The molecule has 0 aliphatic rings. The zero-order valence-electron chi connectivity index (χ0n) is 9.81. The number of hydrogen-bond donors (Lipinski definition) is 2. The first kappa shape index (κ1) is 12.0. The van der Waals surface area contributed by atoms with E-state index in [1.807, 2.05) is 32.0 Å². The van der Waals surface area contributed by atoms with Crippen molar-refractivity contribution in [1.82, 2.24) is 4.98 Å². The van der Waals surface area contributed by atoms with E-state index >= 15 is 0 Å². The number of nitrogens with zero attached hydrogens (tertiary/aromatic N) is 1. The largest absolute Gasteiger partial charge is 0.325 e. The van der Waals surface area contributed by atoms with Crippen LogP contribution in [0, 0.1) is 5.92 Å². The summed E-state index contributed by atoms with van der Waals surface area (Å²) in [4.78, 5) is 16.0. The third kappa shape index (κ3) is 2.62. The van der Waals surface area contributed by atoms with E-state index in [2.05, 4.69) is 10.3 Å². The highest BCUT2D eigenvalue weighted by molar-refractivity contribution is 7.16. The minimum atomic E-state index is -0.479. The highest BCUT2D eigenvalue weighted by Crippen LogP contribution is 2.21. The molecule has 17 heavy (non-hydrogen) atoms. The maximum Gasteiger partial charge on any atom is 0.241 e. The zero-order valence-corrected chi connectivity index (χ0v) is 10.6. The molecule has 1 aromatic carbocycles. The van der Waals surface area contributed by atoms with Crippen LogP contribution in [-0.2, 0) is 4.79 Å². The molecule has 0 bridgehead atoms. The number of rotatable bonds is 3. The first-order chi connectivity index (χ1) is 8.08. The van der Waals surface area contributed by atoms with E-state index in [9.17, 15) is 4.79 Å². The minimum Gasteiger partial charge on any atom is -0.325 e. The van der Waals surface area contributed by atoms with Crippen molar-refractivity contribution in [2.75, 3.05) is 5.32 Å². The molecule has 1 amide bonds. The quantitative estimate of drug-likeness (QED) is 0.876. The van der Waals surface area contributed by atoms with Gasteiger partial charge in [-0.3, -0.25) is 4.79 Å². The summed E-state index contributed by atoms with van der Waals surface area (Å²) in [7, 11) is 0. The van der Waals surface area contributed by atoms with E-state index in [1.54, 1.807) is 16.8 Å². The van der Waals surface area contributed by atoms with Gasteiger partial charge in [-0.25, -0.2) is 4.98 Å². The lowest BCUT2D eigenvalue weighted by Crippen LogP contribution is -2.39. The van der Waals surface area contributed by atoms with Crippen LogP contribution in [0.1, 0.15) is 13.8 Å². The third-order valence-electron chi connectivity index (χ3n) is 2.62. The number of anilines is 1. The number of fused-ring (bicyclic) bond motifs is 1. The van der Waals surface area contributed by atoms with Crippen LogP contribution in [0.3, 0.4) is 0 Å². The lowest BCUT2D eigenvalue weighted by atomic mass is 10.1. The maximum atomic E-state index is 11.8. The number of amides is 1. The van der Waals surface area contributed by atoms with Gasteiger partial charge >= 0.3 is 0 Å². The second-order valence-electron chi connectivity index (χ2n) is 4.29. The highest BCUT2D eigenvalue weighted by atomic mass is 32.1. The molecule has 1 heterocycles. The van der Waals surface area contributed by atoms with Crippen molar-refractivity contribution in [3.8, 4) is 0 Å². The van der Waals surface area contributed by atoms with E-state index < -0.39 is 6.04 Å². The van der Waals surface area contributed by atoms with E-state index in [0.717, 1.165) is 15.9 Å². The molecule has 5 heteroatoms. The molecule has 0 saturated heterocycles. The molecule has 0 spiro atoms. The van der Waals surface area contributed by atoms with Crippen molar-refractivity contribution in [3.63, 3.8) is 0 Å². The van der Waals surface area contributed by atoms with Crippen LogP contribution in [0.25, 0.3) is 10.2 Å². The molecule has 0 fully saturated rings. The smallest absolute Gasteiger partial charge is 0.241 e. The van der Waals surface area contributed by atoms with Gasteiger partial charge in [0, 0.05) is 5.69 Å². The number of carbonyl (C=O) groups is 1. The number of nitrogens with two attached hydrogens (primary N) is 1. The van der Waals surface area contributed by atoms with E-state index in [1.165, 1.54) is 0 Å². The molecular weight excluding hydrogens is 234 g/mol. The zero-order chi connectivity index (χ0) is 12.4. The monoisotopic (exact) mass is 249 g/mol. The Hall–Kier alpha value is -1.46. The molecule has 90 valence electrons. The Labute approximate surface area is 104 Å². The van der Waals surface area contributed by atoms with Crippen LogP contribution < -0.4 is 11.1 Å². The Morgan fingerprint density at radius 2 is 2.24 bits per heavy atom. The second-order valence-corrected chi connectivity index (χ2v) is 5.18. The van der Waals surface area contributed by atoms with Crippen LogP contribution in [-0.4, -0.2) is 16.9 Å². The van der Waals surface area contributed by atoms with Gasteiger partial charge in [-0.15, -0.1) is 11.3 Å². The van der Waals surface area contributed by atoms with Gasteiger partial charge < -0.3 is 11.1 Å². The first-order valence-corrected chi connectivity index (χ1v) is 6.35. The summed E-state index contributed by atoms with van der Waals surface area (Å²) in [6.45, 7) is 3.85. The normalized spacial score (nSPS) is 12.9. The predicted octanol–water partition coefficient (Wildman–Crippen LogP) is 2.22. The van der Waals surface area contributed by atoms with Crippen molar-refractivity contribution in [2.24, 2.45) is 11.7 Å². The summed E-state index contributed by atoms with van der Waals surface area (Å²) in [5.41, 5.74) is 9.28. The summed E-state index contributed by atoms with van der Waals surface area (Å²) < 4.78 is 1.06.